The first kappa shape index (κ1) is 13.8. The van der Waals surface area contributed by atoms with Crippen LogP contribution < -0.4 is 10.3 Å². The number of pyridine rings is 2. The molecule has 23 heavy (non-hydrogen) atoms. The summed E-state index contributed by atoms with van der Waals surface area (Å²) in [7, 11) is 1.58. The third kappa shape index (κ3) is 2.26. The molecule has 0 aliphatic carbocycles. The van der Waals surface area contributed by atoms with Crippen molar-refractivity contribution in [2.45, 2.75) is 0 Å². The van der Waals surface area contributed by atoms with E-state index in [0.717, 1.165) is 22.3 Å². The average molecular weight is 326 g/mol. The zero-order valence-electron chi connectivity index (χ0n) is 12.2. The highest BCUT2D eigenvalue weighted by molar-refractivity contribution is 6.30. The number of imidazole rings is 1. The van der Waals surface area contributed by atoms with Crippen LogP contribution in [-0.2, 0) is 0 Å². The highest BCUT2D eigenvalue weighted by atomic mass is 35.5. The molecule has 1 aromatic carbocycles. The molecule has 0 amide bonds. The Labute approximate surface area is 136 Å². The molecule has 0 spiro atoms. The van der Waals surface area contributed by atoms with Gasteiger partial charge in [-0.1, -0.05) is 11.6 Å². The molecule has 0 saturated heterocycles. The molecule has 0 bridgehead atoms. The van der Waals surface area contributed by atoms with Crippen LogP contribution in [0.5, 0.6) is 5.75 Å². The highest BCUT2D eigenvalue weighted by Crippen LogP contribution is 2.32. The molecular weight excluding hydrogens is 314 g/mol. The summed E-state index contributed by atoms with van der Waals surface area (Å²) in [6.07, 6.45) is 3.72. The molecule has 4 aromatic rings. The number of benzene rings is 1. The number of halogens is 1. The lowest BCUT2D eigenvalue weighted by molar-refractivity contribution is 0.419. The molecule has 5 nitrogen and oxygen atoms in total. The van der Waals surface area contributed by atoms with Crippen molar-refractivity contribution in [3.8, 4) is 17.0 Å². The standard InChI is InChI=1S/C17H12ClN3O2/c1-23-14-5-3-11(12-4-7-16(22)20-17(12)14)13-9-21-8-10(18)2-6-15(21)19-13/h2-9H,1H3,(H,20,22). The van der Waals surface area contributed by atoms with Crippen molar-refractivity contribution >= 4 is 28.2 Å². The first-order valence-electron chi connectivity index (χ1n) is 7.00. The number of rotatable bonds is 2. The van der Waals surface area contributed by atoms with Crippen molar-refractivity contribution in [1.82, 2.24) is 14.4 Å². The maximum Gasteiger partial charge on any atom is 0.248 e. The molecule has 6 heteroatoms. The van der Waals surface area contributed by atoms with E-state index in [4.69, 9.17) is 16.3 Å². The van der Waals surface area contributed by atoms with E-state index in [1.54, 1.807) is 25.4 Å². The van der Waals surface area contributed by atoms with Gasteiger partial charge in [-0.2, -0.15) is 0 Å². The van der Waals surface area contributed by atoms with Gasteiger partial charge in [0.25, 0.3) is 0 Å². The molecule has 0 saturated carbocycles. The number of H-pyrrole nitrogens is 1. The van der Waals surface area contributed by atoms with Crippen molar-refractivity contribution in [2.75, 3.05) is 7.11 Å². The maximum atomic E-state index is 11.6. The van der Waals surface area contributed by atoms with E-state index in [2.05, 4.69) is 9.97 Å². The number of methoxy groups -OCH3 is 1. The van der Waals surface area contributed by atoms with E-state index >= 15 is 0 Å². The lowest BCUT2D eigenvalue weighted by atomic mass is 10.1. The van der Waals surface area contributed by atoms with Crippen LogP contribution in [0.15, 0.2) is 53.6 Å². The van der Waals surface area contributed by atoms with Gasteiger partial charge in [-0.25, -0.2) is 4.98 Å². The van der Waals surface area contributed by atoms with Crippen LogP contribution in [-0.4, -0.2) is 21.5 Å². The van der Waals surface area contributed by atoms with Crippen LogP contribution >= 0.6 is 11.6 Å². The van der Waals surface area contributed by atoms with Gasteiger partial charge in [-0.3, -0.25) is 4.79 Å². The van der Waals surface area contributed by atoms with E-state index in [0.29, 0.717) is 16.3 Å². The number of hydrogen-bond acceptors (Lipinski definition) is 3. The van der Waals surface area contributed by atoms with Gasteiger partial charge in [0, 0.05) is 29.4 Å². The van der Waals surface area contributed by atoms with Gasteiger partial charge < -0.3 is 14.1 Å². The molecule has 0 aliphatic heterocycles. The Kier molecular flexibility index (Phi) is 3.09. The summed E-state index contributed by atoms with van der Waals surface area (Å²) in [4.78, 5) is 19.1. The molecule has 4 rings (SSSR count). The molecular formula is C17H12ClN3O2. The first-order chi connectivity index (χ1) is 11.2. The second-order valence-electron chi connectivity index (χ2n) is 5.17. The minimum atomic E-state index is -0.172. The number of aromatic nitrogens is 3. The molecule has 0 atom stereocenters. The molecule has 0 aliphatic rings. The molecule has 0 radical (unpaired) electrons. The van der Waals surface area contributed by atoms with Crippen LogP contribution in [0.25, 0.3) is 27.8 Å². The fourth-order valence-corrected chi connectivity index (χ4v) is 2.88. The van der Waals surface area contributed by atoms with Crippen molar-refractivity contribution in [1.29, 1.82) is 0 Å². The number of fused-ring (bicyclic) bond motifs is 2. The quantitative estimate of drug-likeness (QED) is 0.613. The van der Waals surface area contributed by atoms with Gasteiger partial charge in [0.05, 0.1) is 23.3 Å². The van der Waals surface area contributed by atoms with E-state index in [-0.39, 0.29) is 5.56 Å². The van der Waals surface area contributed by atoms with Gasteiger partial charge in [-0.05, 0) is 30.3 Å². The van der Waals surface area contributed by atoms with Crippen LogP contribution in [0.4, 0.5) is 0 Å². The lowest BCUT2D eigenvalue weighted by Gasteiger charge is -2.08. The summed E-state index contributed by atoms with van der Waals surface area (Å²) in [5.74, 6) is 0.619. The zero-order chi connectivity index (χ0) is 16.0. The summed E-state index contributed by atoms with van der Waals surface area (Å²) < 4.78 is 7.21. The van der Waals surface area contributed by atoms with Crippen molar-refractivity contribution < 1.29 is 4.74 Å². The maximum absolute atomic E-state index is 11.6. The largest absolute Gasteiger partial charge is 0.495 e. The van der Waals surface area contributed by atoms with Crippen LogP contribution in [0, 0.1) is 0 Å². The predicted molar refractivity (Wildman–Crippen MR) is 90.3 cm³/mol. The number of ether oxygens (including phenoxy) is 1. The van der Waals surface area contributed by atoms with Crippen LogP contribution in [0.3, 0.4) is 0 Å². The highest BCUT2D eigenvalue weighted by Gasteiger charge is 2.12. The topological polar surface area (TPSA) is 59.4 Å². The van der Waals surface area contributed by atoms with Crippen molar-refractivity contribution in [3.63, 3.8) is 0 Å². The van der Waals surface area contributed by atoms with E-state index in [1.807, 2.05) is 28.8 Å². The Morgan fingerprint density at radius 1 is 1.13 bits per heavy atom. The SMILES string of the molecule is COc1ccc(-c2cn3cc(Cl)ccc3n2)c2ccc(=O)[nH]c12. The molecule has 0 fully saturated rings. The normalized spacial score (nSPS) is 11.2. The predicted octanol–water partition coefficient (Wildman–Crippen LogP) is 3.50. The van der Waals surface area contributed by atoms with Gasteiger partial charge in [-0.15, -0.1) is 0 Å². The van der Waals surface area contributed by atoms with Crippen molar-refractivity contribution in [2.24, 2.45) is 0 Å². The molecule has 0 unspecified atom stereocenters. The second kappa shape index (κ2) is 5.14. The third-order valence-electron chi connectivity index (χ3n) is 3.77. The molecule has 3 aromatic heterocycles. The smallest absolute Gasteiger partial charge is 0.248 e. The number of nitrogens with zero attached hydrogens (tertiary/aromatic N) is 2. The van der Waals surface area contributed by atoms with Gasteiger partial charge in [0.15, 0.2) is 0 Å². The van der Waals surface area contributed by atoms with E-state index in [1.165, 1.54) is 6.07 Å². The minimum absolute atomic E-state index is 0.172. The first-order valence-corrected chi connectivity index (χ1v) is 7.38. The fraction of sp³-hybridized carbons (Fsp3) is 0.0588. The van der Waals surface area contributed by atoms with Gasteiger partial charge in [0.1, 0.15) is 11.4 Å². The Balaban J connectivity index is 2.02. The Morgan fingerprint density at radius 3 is 2.83 bits per heavy atom. The lowest BCUT2D eigenvalue weighted by Crippen LogP contribution is -2.04. The third-order valence-corrected chi connectivity index (χ3v) is 3.99. The fourth-order valence-electron chi connectivity index (χ4n) is 2.71. The average Bonchev–Trinajstić information content (AvgIpc) is 2.96. The summed E-state index contributed by atoms with van der Waals surface area (Å²) >= 11 is 6.02. The zero-order valence-corrected chi connectivity index (χ0v) is 13.0. The summed E-state index contributed by atoms with van der Waals surface area (Å²) in [5.41, 5.74) is 3.00. The Hall–Kier alpha value is -2.79. The Bertz CT molecular complexity index is 1100. The van der Waals surface area contributed by atoms with Crippen molar-refractivity contribution in [3.05, 3.63) is 64.2 Å². The summed E-state index contributed by atoms with van der Waals surface area (Å²) in [6.45, 7) is 0. The molecule has 3 heterocycles. The second-order valence-corrected chi connectivity index (χ2v) is 5.60. The van der Waals surface area contributed by atoms with Crippen LogP contribution in [0.1, 0.15) is 0 Å². The number of aromatic amines is 1. The van der Waals surface area contributed by atoms with Gasteiger partial charge >= 0.3 is 0 Å². The minimum Gasteiger partial charge on any atom is -0.495 e. The Morgan fingerprint density at radius 2 is 2.00 bits per heavy atom. The number of hydrogen-bond donors (Lipinski definition) is 1. The van der Waals surface area contributed by atoms with E-state index < -0.39 is 0 Å². The molecule has 114 valence electrons. The summed E-state index contributed by atoms with van der Waals surface area (Å²) in [5, 5.41) is 1.52. The number of nitrogens with one attached hydrogen (secondary N) is 1. The summed E-state index contributed by atoms with van der Waals surface area (Å²) in [6, 6.07) is 10.7. The van der Waals surface area contributed by atoms with Gasteiger partial charge in [0.2, 0.25) is 5.56 Å². The van der Waals surface area contributed by atoms with Crippen LogP contribution in [0.2, 0.25) is 5.02 Å². The molecule has 1 N–H and O–H groups in total. The monoisotopic (exact) mass is 325 g/mol. The van der Waals surface area contributed by atoms with E-state index in [9.17, 15) is 4.79 Å².